The largest absolute Gasteiger partial charge is 0.399 e. The molecular formula is C13H20FN3O2S. The Balaban J connectivity index is 2.19. The van der Waals surface area contributed by atoms with Gasteiger partial charge in [-0.1, -0.05) is 0 Å². The molecule has 0 aliphatic carbocycles. The van der Waals surface area contributed by atoms with Crippen LogP contribution in [0.25, 0.3) is 0 Å². The first-order chi connectivity index (χ1) is 9.30. The lowest BCUT2D eigenvalue weighted by atomic mass is 10.3. The summed E-state index contributed by atoms with van der Waals surface area (Å²) < 4.78 is 39.6. The summed E-state index contributed by atoms with van der Waals surface area (Å²) in [5.41, 5.74) is 5.63. The van der Waals surface area contributed by atoms with Gasteiger partial charge in [0.15, 0.2) is 0 Å². The van der Waals surface area contributed by atoms with Crippen LogP contribution in [0.2, 0.25) is 0 Å². The van der Waals surface area contributed by atoms with Gasteiger partial charge in [0, 0.05) is 37.9 Å². The summed E-state index contributed by atoms with van der Waals surface area (Å²) in [5.74, 6) is -0.635. The fourth-order valence-corrected chi connectivity index (χ4v) is 3.83. The summed E-state index contributed by atoms with van der Waals surface area (Å²) in [4.78, 5) is 2.14. The molecular weight excluding hydrogens is 281 g/mol. The van der Waals surface area contributed by atoms with E-state index in [9.17, 15) is 12.8 Å². The molecule has 0 radical (unpaired) electrons. The SMILES string of the molecule is CC(C)N1CCN(S(=O)(=O)c2cc(N)cc(F)c2)CC1. The van der Waals surface area contributed by atoms with Gasteiger partial charge in [-0.3, -0.25) is 4.90 Å². The van der Waals surface area contributed by atoms with Crippen molar-refractivity contribution >= 4 is 15.7 Å². The summed E-state index contributed by atoms with van der Waals surface area (Å²) in [6, 6.07) is 3.81. The zero-order valence-electron chi connectivity index (χ0n) is 11.7. The minimum absolute atomic E-state index is 0.0759. The van der Waals surface area contributed by atoms with E-state index in [4.69, 9.17) is 5.73 Å². The maximum Gasteiger partial charge on any atom is 0.243 e. The lowest BCUT2D eigenvalue weighted by Crippen LogP contribution is -2.50. The van der Waals surface area contributed by atoms with E-state index in [1.54, 1.807) is 0 Å². The van der Waals surface area contributed by atoms with Gasteiger partial charge in [-0.05, 0) is 32.0 Å². The maximum atomic E-state index is 13.3. The van der Waals surface area contributed by atoms with Crippen molar-refractivity contribution in [2.45, 2.75) is 24.8 Å². The van der Waals surface area contributed by atoms with E-state index in [1.165, 1.54) is 10.4 Å². The molecule has 0 atom stereocenters. The third-order valence-corrected chi connectivity index (χ3v) is 5.41. The summed E-state index contributed by atoms with van der Waals surface area (Å²) in [5, 5.41) is 0. The van der Waals surface area contributed by atoms with Crippen LogP contribution < -0.4 is 5.73 Å². The van der Waals surface area contributed by atoms with Crippen LogP contribution in [-0.4, -0.2) is 49.8 Å². The smallest absolute Gasteiger partial charge is 0.243 e. The van der Waals surface area contributed by atoms with Gasteiger partial charge < -0.3 is 5.73 Å². The normalized spacial score (nSPS) is 18.6. The van der Waals surface area contributed by atoms with Gasteiger partial charge in [0.05, 0.1) is 4.90 Å². The van der Waals surface area contributed by atoms with Crippen LogP contribution in [0.3, 0.4) is 0 Å². The Morgan fingerprint density at radius 1 is 1.15 bits per heavy atom. The molecule has 1 aromatic rings. The minimum Gasteiger partial charge on any atom is -0.399 e. The van der Waals surface area contributed by atoms with E-state index in [-0.39, 0.29) is 10.6 Å². The number of anilines is 1. The van der Waals surface area contributed by atoms with Gasteiger partial charge in [-0.15, -0.1) is 0 Å². The van der Waals surface area contributed by atoms with Gasteiger partial charge in [0.2, 0.25) is 10.0 Å². The summed E-state index contributed by atoms with van der Waals surface area (Å²) in [6.45, 7) is 6.35. The Hall–Kier alpha value is -1.18. The van der Waals surface area contributed by atoms with Gasteiger partial charge >= 0.3 is 0 Å². The highest BCUT2D eigenvalue weighted by Gasteiger charge is 2.29. The van der Waals surface area contributed by atoms with Crippen molar-refractivity contribution in [1.29, 1.82) is 0 Å². The van der Waals surface area contributed by atoms with E-state index in [1.807, 2.05) is 0 Å². The Labute approximate surface area is 119 Å². The molecule has 0 spiro atoms. The second-order valence-electron chi connectivity index (χ2n) is 5.25. The van der Waals surface area contributed by atoms with Gasteiger partial charge in [0.25, 0.3) is 0 Å². The van der Waals surface area contributed by atoms with E-state index in [0.717, 1.165) is 12.1 Å². The van der Waals surface area contributed by atoms with Crippen LogP contribution >= 0.6 is 0 Å². The molecule has 2 N–H and O–H groups in total. The molecule has 0 amide bonds. The van der Waals surface area contributed by atoms with Crippen LogP contribution in [-0.2, 0) is 10.0 Å². The third kappa shape index (κ3) is 3.11. The lowest BCUT2D eigenvalue weighted by Gasteiger charge is -2.36. The zero-order valence-corrected chi connectivity index (χ0v) is 12.5. The number of rotatable bonds is 3. The first-order valence-electron chi connectivity index (χ1n) is 6.61. The van der Waals surface area contributed by atoms with Crippen molar-refractivity contribution < 1.29 is 12.8 Å². The molecule has 0 aromatic heterocycles. The monoisotopic (exact) mass is 301 g/mol. The number of hydrogen-bond donors (Lipinski definition) is 1. The second-order valence-corrected chi connectivity index (χ2v) is 7.19. The van der Waals surface area contributed by atoms with Crippen LogP contribution in [0.1, 0.15) is 13.8 Å². The predicted molar refractivity (Wildman–Crippen MR) is 76.3 cm³/mol. The summed E-state index contributed by atoms with van der Waals surface area (Å²) in [6.07, 6.45) is 0. The highest BCUT2D eigenvalue weighted by Crippen LogP contribution is 2.21. The van der Waals surface area contributed by atoms with Crippen molar-refractivity contribution in [3.8, 4) is 0 Å². The molecule has 1 aromatic carbocycles. The molecule has 1 aliphatic heterocycles. The van der Waals surface area contributed by atoms with E-state index >= 15 is 0 Å². The fourth-order valence-electron chi connectivity index (χ4n) is 2.34. The van der Waals surface area contributed by atoms with Gasteiger partial charge in [0.1, 0.15) is 5.82 Å². The number of halogens is 1. The van der Waals surface area contributed by atoms with Crippen LogP contribution in [0.5, 0.6) is 0 Å². The Bertz CT molecular complexity index is 561. The number of piperazine rings is 1. The molecule has 20 heavy (non-hydrogen) atoms. The molecule has 0 unspecified atom stereocenters. The van der Waals surface area contributed by atoms with E-state index in [2.05, 4.69) is 18.7 Å². The average Bonchev–Trinajstić information content (AvgIpc) is 2.37. The molecule has 112 valence electrons. The van der Waals surface area contributed by atoms with Crippen LogP contribution in [0, 0.1) is 5.82 Å². The standard InChI is InChI=1S/C13H20FN3O2S/c1-10(2)16-3-5-17(6-4-16)20(18,19)13-8-11(14)7-12(15)9-13/h7-10H,3-6,15H2,1-2H3. The number of nitrogen functional groups attached to an aromatic ring is 1. The number of hydrogen-bond acceptors (Lipinski definition) is 4. The average molecular weight is 301 g/mol. The highest BCUT2D eigenvalue weighted by molar-refractivity contribution is 7.89. The fraction of sp³-hybridized carbons (Fsp3) is 0.538. The van der Waals surface area contributed by atoms with Crippen molar-refractivity contribution in [3.05, 3.63) is 24.0 Å². The topological polar surface area (TPSA) is 66.6 Å². The Kier molecular flexibility index (Phi) is 4.31. The van der Waals surface area contributed by atoms with E-state index < -0.39 is 15.8 Å². The molecule has 5 nitrogen and oxygen atoms in total. The maximum absolute atomic E-state index is 13.3. The summed E-state index contributed by atoms with van der Waals surface area (Å²) >= 11 is 0. The second kappa shape index (κ2) is 5.67. The molecule has 1 heterocycles. The first kappa shape index (κ1) is 15.2. The van der Waals surface area contributed by atoms with Gasteiger partial charge in [-0.25, -0.2) is 12.8 Å². The molecule has 1 fully saturated rings. The number of nitrogens with two attached hydrogens (primary N) is 1. The molecule has 7 heteroatoms. The number of nitrogens with zero attached hydrogens (tertiary/aromatic N) is 2. The number of sulfonamides is 1. The van der Waals surface area contributed by atoms with E-state index in [0.29, 0.717) is 32.2 Å². The minimum atomic E-state index is -3.67. The van der Waals surface area contributed by atoms with Crippen molar-refractivity contribution in [3.63, 3.8) is 0 Å². The van der Waals surface area contributed by atoms with Crippen LogP contribution in [0.4, 0.5) is 10.1 Å². The molecule has 1 saturated heterocycles. The van der Waals surface area contributed by atoms with Gasteiger partial charge in [-0.2, -0.15) is 4.31 Å². The number of benzene rings is 1. The highest BCUT2D eigenvalue weighted by atomic mass is 32.2. The summed E-state index contributed by atoms with van der Waals surface area (Å²) in [7, 11) is -3.67. The first-order valence-corrected chi connectivity index (χ1v) is 8.05. The van der Waals surface area contributed by atoms with Crippen LogP contribution in [0.15, 0.2) is 23.1 Å². The molecule has 0 bridgehead atoms. The quantitative estimate of drug-likeness (QED) is 0.850. The predicted octanol–water partition coefficient (Wildman–Crippen LogP) is 1.12. The molecule has 2 rings (SSSR count). The zero-order chi connectivity index (χ0) is 14.9. The van der Waals surface area contributed by atoms with Crippen molar-refractivity contribution in [1.82, 2.24) is 9.21 Å². The van der Waals surface area contributed by atoms with Crippen molar-refractivity contribution in [2.24, 2.45) is 0 Å². The molecule has 0 saturated carbocycles. The molecule has 1 aliphatic rings. The third-order valence-electron chi connectivity index (χ3n) is 3.53. The van der Waals surface area contributed by atoms with Crippen molar-refractivity contribution in [2.75, 3.05) is 31.9 Å². The Morgan fingerprint density at radius 3 is 2.25 bits per heavy atom. The lowest BCUT2D eigenvalue weighted by molar-refractivity contribution is 0.154. The Morgan fingerprint density at radius 2 is 1.75 bits per heavy atom.